The molecule has 1 fully saturated rings. The highest BCUT2D eigenvalue weighted by Crippen LogP contribution is 2.24. The summed E-state index contributed by atoms with van der Waals surface area (Å²) in [5.41, 5.74) is 3.21. The molecule has 0 bridgehead atoms. The monoisotopic (exact) mass is 355 g/mol. The van der Waals surface area contributed by atoms with Gasteiger partial charge in [-0.1, -0.05) is 30.3 Å². The first-order valence-electron chi connectivity index (χ1n) is 8.69. The van der Waals surface area contributed by atoms with Gasteiger partial charge in [-0.2, -0.15) is 0 Å². The van der Waals surface area contributed by atoms with Crippen molar-refractivity contribution in [3.63, 3.8) is 0 Å². The Morgan fingerprint density at radius 3 is 3.04 bits per heavy atom. The predicted molar refractivity (Wildman–Crippen MR) is 98.8 cm³/mol. The van der Waals surface area contributed by atoms with E-state index >= 15 is 0 Å². The molecule has 25 heavy (non-hydrogen) atoms. The van der Waals surface area contributed by atoms with Crippen LogP contribution in [0.2, 0.25) is 0 Å². The number of carbonyl (C=O) groups is 1. The molecule has 0 spiro atoms. The van der Waals surface area contributed by atoms with E-state index in [0.29, 0.717) is 19.4 Å². The van der Waals surface area contributed by atoms with Gasteiger partial charge in [0.1, 0.15) is 0 Å². The number of ether oxygens (including phenoxy) is 1. The fourth-order valence-corrected chi connectivity index (χ4v) is 4.03. The van der Waals surface area contributed by atoms with Gasteiger partial charge in [-0.3, -0.25) is 9.20 Å². The van der Waals surface area contributed by atoms with Crippen molar-refractivity contribution in [1.29, 1.82) is 0 Å². The first kappa shape index (κ1) is 16.3. The maximum atomic E-state index is 12.1. The molecule has 0 unspecified atom stereocenters. The zero-order valence-electron chi connectivity index (χ0n) is 14.0. The second kappa shape index (κ2) is 7.37. The van der Waals surface area contributed by atoms with Crippen molar-refractivity contribution in [2.24, 2.45) is 0 Å². The van der Waals surface area contributed by atoms with Crippen molar-refractivity contribution in [1.82, 2.24) is 14.7 Å². The Bertz CT molecular complexity index is 850. The number of carbonyl (C=O) groups excluding carboxylic acids is 1. The van der Waals surface area contributed by atoms with Crippen LogP contribution in [0, 0.1) is 0 Å². The van der Waals surface area contributed by atoms with Gasteiger partial charge in [-0.15, -0.1) is 11.3 Å². The molecule has 130 valence electrons. The van der Waals surface area contributed by atoms with Crippen LogP contribution in [-0.2, 0) is 16.0 Å². The zero-order valence-corrected chi connectivity index (χ0v) is 14.8. The maximum Gasteiger partial charge on any atom is 0.220 e. The molecule has 0 aliphatic carbocycles. The van der Waals surface area contributed by atoms with Crippen LogP contribution >= 0.6 is 11.3 Å². The minimum Gasteiger partial charge on any atom is -0.376 e. The molecule has 1 aliphatic rings. The number of hydrogen-bond acceptors (Lipinski definition) is 4. The number of rotatable bonds is 6. The van der Waals surface area contributed by atoms with Crippen LogP contribution in [0.25, 0.3) is 16.2 Å². The average molecular weight is 355 g/mol. The normalized spacial score (nSPS) is 17.2. The molecule has 1 amide bonds. The van der Waals surface area contributed by atoms with Gasteiger partial charge in [0.25, 0.3) is 0 Å². The summed E-state index contributed by atoms with van der Waals surface area (Å²) < 4.78 is 7.63. The molecule has 0 saturated carbocycles. The number of hydrogen-bond donors (Lipinski definition) is 1. The molecule has 1 atom stereocenters. The maximum absolute atomic E-state index is 12.1. The molecule has 3 aromatic rings. The highest BCUT2D eigenvalue weighted by Gasteiger charge is 2.16. The van der Waals surface area contributed by atoms with Crippen molar-refractivity contribution in [2.75, 3.05) is 13.2 Å². The third-order valence-electron chi connectivity index (χ3n) is 4.51. The number of thiazole rings is 1. The second-order valence-electron chi connectivity index (χ2n) is 6.31. The van der Waals surface area contributed by atoms with Gasteiger partial charge in [0.05, 0.1) is 11.8 Å². The van der Waals surface area contributed by atoms with Crippen LogP contribution in [0.1, 0.15) is 25.0 Å². The van der Waals surface area contributed by atoms with Crippen LogP contribution in [0.5, 0.6) is 0 Å². The molecule has 6 heteroatoms. The van der Waals surface area contributed by atoms with E-state index in [-0.39, 0.29) is 12.0 Å². The van der Waals surface area contributed by atoms with Gasteiger partial charge in [0.15, 0.2) is 4.96 Å². The van der Waals surface area contributed by atoms with E-state index in [1.807, 2.05) is 18.2 Å². The minimum absolute atomic E-state index is 0.0817. The molecule has 0 radical (unpaired) electrons. The Kier molecular flexibility index (Phi) is 4.81. The first-order chi connectivity index (χ1) is 12.3. The lowest BCUT2D eigenvalue weighted by Gasteiger charge is -2.10. The molecule has 3 heterocycles. The number of amides is 1. The molecular weight excluding hydrogens is 334 g/mol. The van der Waals surface area contributed by atoms with Gasteiger partial charge in [0, 0.05) is 42.4 Å². The minimum atomic E-state index is 0.0817. The fraction of sp³-hybridized carbons (Fsp3) is 0.368. The lowest BCUT2D eigenvalue weighted by atomic mass is 10.2. The molecule has 2 aromatic heterocycles. The largest absolute Gasteiger partial charge is 0.376 e. The number of imidazole rings is 1. The number of nitrogens with one attached hydrogen (secondary N) is 1. The molecule has 1 saturated heterocycles. The van der Waals surface area contributed by atoms with Gasteiger partial charge in [-0.25, -0.2) is 4.98 Å². The van der Waals surface area contributed by atoms with Gasteiger partial charge in [-0.05, 0) is 19.3 Å². The SMILES string of the molecule is O=C(CCc1csc2nc(-c3ccccc3)cn12)NC[C@@H]1CCCO1. The summed E-state index contributed by atoms with van der Waals surface area (Å²) in [5, 5.41) is 5.07. The molecule has 4 rings (SSSR count). The highest BCUT2D eigenvalue weighted by molar-refractivity contribution is 7.15. The van der Waals surface area contributed by atoms with E-state index in [0.717, 1.165) is 41.4 Å². The van der Waals surface area contributed by atoms with Crippen LogP contribution in [0.4, 0.5) is 0 Å². The van der Waals surface area contributed by atoms with Gasteiger partial charge >= 0.3 is 0 Å². The number of benzene rings is 1. The third kappa shape index (κ3) is 3.75. The van der Waals surface area contributed by atoms with Crippen molar-refractivity contribution >= 4 is 22.2 Å². The smallest absolute Gasteiger partial charge is 0.220 e. The Balaban J connectivity index is 1.38. The van der Waals surface area contributed by atoms with E-state index < -0.39 is 0 Å². The van der Waals surface area contributed by atoms with E-state index in [4.69, 9.17) is 4.74 Å². The van der Waals surface area contributed by atoms with Crippen LogP contribution in [0.15, 0.2) is 41.9 Å². The average Bonchev–Trinajstić information content (AvgIpc) is 3.36. The number of aromatic nitrogens is 2. The molecule has 1 aromatic carbocycles. The van der Waals surface area contributed by atoms with Crippen molar-refractivity contribution in [3.05, 3.63) is 47.6 Å². The van der Waals surface area contributed by atoms with Crippen LogP contribution in [-0.4, -0.2) is 34.5 Å². The molecule has 5 nitrogen and oxygen atoms in total. The topological polar surface area (TPSA) is 55.6 Å². The van der Waals surface area contributed by atoms with E-state index in [9.17, 15) is 4.79 Å². The van der Waals surface area contributed by atoms with Gasteiger partial charge < -0.3 is 10.1 Å². The lowest BCUT2D eigenvalue weighted by Crippen LogP contribution is -2.31. The zero-order chi connectivity index (χ0) is 17.1. The Hall–Kier alpha value is -2.18. The second-order valence-corrected chi connectivity index (χ2v) is 7.15. The lowest BCUT2D eigenvalue weighted by molar-refractivity contribution is -0.121. The summed E-state index contributed by atoms with van der Waals surface area (Å²) in [6, 6.07) is 10.2. The van der Waals surface area contributed by atoms with Crippen molar-refractivity contribution < 1.29 is 9.53 Å². The Labute approximate surface area is 150 Å². The Morgan fingerprint density at radius 2 is 2.24 bits per heavy atom. The van der Waals surface area contributed by atoms with Crippen molar-refractivity contribution in [2.45, 2.75) is 31.8 Å². The first-order valence-corrected chi connectivity index (χ1v) is 9.57. The number of nitrogens with zero attached hydrogens (tertiary/aromatic N) is 2. The molecule has 1 N–H and O–H groups in total. The molecular formula is C19H21N3O2S. The quantitative estimate of drug-likeness (QED) is 0.738. The fourth-order valence-electron chi connectivity index (χ4n) is 3.12. The summed E-state index contributed by atoms with van der Waals surface area (Å²) in [6.07, 6.45) is 5.58. The predicted octanol–water partition coefficient (Wildman–Crippen LogP) is 3.29. The van der Waals surface area contributed by atoms with Gasteiger partial charge in [0.2, 0.25) is 5.91 Å². The number of aryl methyl sites for hydroxylation is 1. The Morgan fingerprint density at radius 1 is 1.36 bits per heavy atom. The van der Waals surface area contributed by atoms with Crippen LogP contribution in [0.3, 0.4) is 0 Å². The van der Waals surface area contributed by atoms with Crippen molar-refractivity contribution in [3.8, 4) is 11.3 Å². The van der Waals surface area contributed by atoms with E-state index in [1.54, 1.807) is 11.3 Å². The third-order valence-corrected chi connectivity index (χ3v) is 5.40. The summed E-state index contributed by atoms with van der Waals surface area (Å²) in [5.74, 6) is 0.0817. The van der Waals surface area contributed by atoms with E-state index in [1.165, 1.54) is 0 Å². The van der Waals surface area contributed by atoms with Crippen LogP contribution < -0.4 is 5.32 Å². The standard InChI is InChI=1S/C19H21N3O2S/c23-18(20-11-16-7-4-10-24-16)9-8-15-13-25-19-21-17(12-22(15)19)14-5-2-1-3-6-14/h1-3,5-6,12-13,16H,4,7-11H2,(H,20,23)/t16-/m0/s1. The van der Waals surface area contributed by atoms with E-state index in [2.05, 4.69) is 38.4 Å². The summed E-state index contributed by atoms with van der Waals surface area (Å²) in [6.45, 7) is 1.44. The molecule has 1 aliphatic heterocycles. The number of fused-ring (bicyclic) bond motifs is 1. The highest BCUT2D eigenvalue weighted by atomic mass is 32.1. The summed E-state index contributed by atoms with van der Waals surface area (Å²) >= 11 is 1.62. The summed E-state index contributed by atoms with van der Waals surface area (Å²) in [7, 11) is 0. The summed E-state index contributed by atoms with van der Waals surface area (Å²) in [4.78, 5) is 17.7.